The largest absolute Gasteiger partial charge is 0.383 e. The van der Waals surface area contributed by atoms with Crippen molar-refractivity contribution >= 4 is 56.4 Å². The quantitative estimate of drug-likeness (QED) is 0.286. The molecule has 2 aromatic heterocycles. The Bertz CT molecular complexity index is 1030. The lowest BCUT2D eigenvalue weighted by molar-refractivity contribution is -0.384. The van der Waals surface area contributed by atoms with E-state index in [1.165, 1.54) is 36.0 Å². The van der Waals surface area contributed by atoms with Crippen LogP contribution in [0, 0.1) is 24.0 Å². The van der Waals surface area contributed by atoms with Gasteiger partial charge in [0.15, 0.2) is 5.16 Å². The predicted molar refractivity (Wildman–Crippen MR) is 108 cm³/mol. The highest BCUT2D eigenvalue weighted by Gasteiger charge is 2.19. The van der Waals surface area contributed by atoms with Crippen molar-refractivity contribution < 1.29 is 9.72 Å². The summed E-state index contributed by atoms with van der Waals surface area (Å²) in [7, 11) is 0. The van der Waals surface area contributed by atoms with Crippen LogP contribution in [0.5, 0.6) is 0 Å². The molecule has 27 heavy (non-hydrogen) atoms. The fraction of sp³-hybridized carbons (Fsp3) is 0.235. The lowest BCUT2D eigenvalue weighted by atomic mass is 10.2. The molecule has 10 heteroatoms. The van der Waals surface area contributed by atoms with Gasteiger partial charge in [0.25, 0.3) is 5.69 Å². The summed E-state index contributed by atoms with van der Waals surface area (Å²) in [5.41, 5.74) is 7.60. The molecular weight excluding hydrogens is 386 g/mol. The topological polar surface area (TPSA) is 124 Å². The molecule has 0 bridgehead atoms. The van der Waals surface area contributed by atoms with Gasteiger partial charge in [-0.15, -0.1) is 11.3 Å². The number of carbonyl (C=O) groups is 1. The molecule has 0 aliphatic heterocycles. The van der Waals surface area contributed by atoms with E-state index in [4.69, 9.17) is 5.73 Å². The first kappa shape index (κ1) is 19.1. The van der Waals surface area contributed by atoms with Gasteiger partial charge in [-0.05, 0) is 38.5 Å². The number of nitro benzene ring substituents is 1. The molecule has 1 amide bonds. The molecule has 8 nitrogen and oxygen atoms in total. The monoisotopic (exact) mass is 403 g/mol. The number of amides is 1. The van der Waals surface area contributed by atoms with Crippen molar-refractivity contribution in [2.45, 2.75) is 31.2 Å². The van der Waals surface area contributed by atoms with Crippen LogP contribution in [0.4, 0.5) is 17.2 Å². The van der Waals surface area contributed by atoms with Crippen molar-refractivity contribution in [2.24, 2.45) is 0 Å². The molecule has 0 radical (unpaired) electrons. The number of thiophene rings is 1. The minimum atomic E-state index is -0.490. The van der Waals surface area contributed by atoms with E-state index in [2.05, 4.69) is 15.3 Å². The Labute approximate surface area is 163 Å². The lowest BCUT2D eigenvalue weighted by Crippen LogP contribution is -2.22. The number of thioether (sulfide) groups is 1. The van der Waals surface area contributed by atoms with Gasteiger partial charge >= 0.3 is 0 Å². The third-order valence-electron chi connectivity index (χ3n) is 4.03. The molecule has 0 saturated heterocycles. The molecule has 3 N–H and O–H groups in total. The summed E-state index contributed by atoms with van der Waals surface area (Å²) in [4.78, 5) is 33.4. The first-order valence-corrected chi connectivity index (χ1v) is 9.71. The number of aromatic nitrogens is 2. The lowest BCUT2D eigenvalue weighted by Gasteiger charge is -2.11. The van der Waals surface area contributed by atoms with Gasteiger partial charge in [0, 0.05) is 22.7 Å². The molecule has 0 fully saturated rings. The van der Waals surface area contributed by atoms with Gasteiger partial charge in [-0.2, -0.15) is 0 Å². The summed E-state index contributed by atoms with van der Waals surface area (Å²) in [6, 6.07) is 5.66. The van der Waals surface area contributed by atoms with Crippen LogP contribution in [-0.2, 0) is 4.79 Å². The summed E-state index contributed by atoms with van der Waals surface area (Å²) in [5.74, 6) is 0.155. The molecular formula is C17H17N5O3S2. The molecule has 1 unspecified atom stereocenters. The number of nitrogen functional groups attached to an aromatic ring is 1. The summed E-state index contributed by atoms with van der Waals surface area (Å²) < 4.78 is 0. The van der Waals surface area contributed by atoms with Crippen LogP contribution in [0.15, 0.2) is 29.4 Å². The molecule has 0 spiro atoms. The van der Waals surface area contributed by atoms with E-state index in [0.29, 0.717) is 16.7 Å². The summed E-state index contributed by atoms with van der Waals surface area (Å²) >= 11 is 2.76. The van der Waals surface area contributed by atoms with Crippen molar-refractivity contribution in [3.63, 3.8) is 0 Å². The van der Waals surface area contributed by atoms with Gasteiger partial charge in [0.2, 0.25) is 5.91 Å². The fourth-order valence-corrected chi connectivity index (χ4v) is 4.31. The molecule has 0 saturated carbocycles. The van der Waals surface area contributed by atoms with Gasteiger partial charge in [0.1, 0.15) is 10.6 Å². The number of rotatable bonds is 5. The molecule has 0 aliphatic carbocycles. The van der Waals surface area contributed by atoms with Gasteiger partial charge in [-0.3, -0.25) is 14.9 Å². The molecule has 0 aliphatic rings. The Kier molecular flexibility index (Phi) is 5.29. The van der Waals surface area contributed by atoms with E-state index in [1.54, 1.807) is 18.3 Å². The molecule has 2 heterocycles. The van der Waals surface area contributed by atoms with Crippen molar-refractivity contribution in [2.75, 3.05) is 11.1 Å². The first-order chi connectivity index (χ1) is 12.8. The number of non-ortho nitro benzene ring substituents is 1. The second-order valence-corrected chi connectivity index (χ2v) is 8.42. The maximum atomic E-state index is 12.4. The zero-order valence-electron chi connectivity index (χ0n) is 14.8. The molecule has 1 atom stereocenters. The van der Waals surface area contributed by atoms with Crippen LogP contribution in [0.25, 0.3) is 10.2 Å². The summed E-state index contributed by atoms with van der Waals surface area (Å²) in [6.07, 6.45) is 0. The third-order valence-corrected chi connectivity index (χ3v) is 6.10. The molecule has 140 valence electrons. The molecule has 3 rings (SSSR count). The number of hydrogen-bond acceptors (Lipinski definition) is 8. The Hall–Kier alpha value is -2.72. The smallest absolute Gasteiger partial charge is 0.269 e. The van der Waals surface area contributed by atoms with E-state index in [0.717, 1.165) is 20.7 Å². The standard InChI is InChI=1S/C17H17N5O3S2/c1-8-9(2)26-16-13(8)14(18)20-17(21-16)27-10(3)15(23)19-11-4-6-12(7-5-11)22(24)25/h4-7,10H,1-3H3,(H,19,23)(H2,18,20,21). The minimum Gasteiger partial charge on any atom is -0.383 e. The average molecular weight is 403 g/mol. The number of hydrogen-bond donors (Lipinski definition) is 2. The number of anilines is 2. The first-order valence-electron chi connectivity index (χ1n) is 8.01. The van der Waals surface area contributed by atoms with Crippen LogP contribution in [0.2, 0.25) is 0 Å². The van der Waals surface area contributed by atoms with E-state index in [-0.39, 0.29) is 11.6 Å². The SMILES string of the molecule is Cc1sc2nc(SC(C)C(=O)Nc3ccc([N+](=O)[O-])cc3)nc(N)c2c1C. The average Bonchev–Trinajstić information content (AvgIpc) is 2.89. The highest BCUT2D eigenvalue weighted by molar-refractivity contribution is 8.00. The van der Waals surface area contributed by atoms with E-state index in [9.17, 15) is 14.9 Å². The van der Waals surface area contributed by atoms with Crippen molar-refractivity contribution in [3.8, 4) is 0 Å². The maximum absolute atomic E-state index is 12.4. The number of nitro groups is 1. The van der Waals surface area contributed by atoms with Crippen molar-refractivity contribution in [3.05, 3.63) is 44.8 Å². The normalized spacial score (nSPS) is 12.1. The predicted octanol–water partition coefficient (Wildman–Crippen LogP) is 3.92. The summed E-state index contributed by atoms with van der Waals surface area (Å²) in [5, 5.41) is 14.2. The maximum Gasteiger partial charge on any atom is 0.269 e. The van der Waals surface area contributed by atoms with E-state index >= 15 is 0 Å². The second kappa shape index (κ2) is 7.49. The number of nitrogens with one attached hydrogen (secondary N) is 1. The second-order valence-electron chi connectivity index (χ2n) is 5.91. The van der Waals surface area contributed by atoms with Crippen LogP contribution in [0.3, 0.4) is 0 Å². The van der Waals surface area contributed by atoms with Crippen LogP contribution in [0.1, 0.15) is 17.4 Å². The van der Waals surface area contributed by atoms with E-state index < -0.39 is 10.2 Å². The minimum absolute atomic E-state index is 0.0332. The zero-order valence-corrected chi connectivity index (χ0v) is 16.5. The number of nitrogens with two attached hydrogens (primary N) is 1. The third kappa shape index (κ3) is 4.01. The Morgan fingerprint density at radius 3 is 2.59 bits per heavy atom. The number of carbonyl (C=O) groups excluding carboxylic acids is 1. The Balaban J connectivity index is 1.72. The molecule has 3 aromatic rings. The number of aryl methyl sites for hydroxylation is 2. The van der Waals surface area contributed by atoms with Crippen molar-refractivity contribution in [1.82, 2.24) is 9.97 Å². The van der Waals surface area contributed by atoms with Gasteiger partial charge in [-0.1, -0.05) is 11.8 Å². The van der Waals surface area contributed by atoms with Crippen molar-refractivity contribution in [1.29, 1.82) is 0 Å². The Morgan fingerprint density at radius 2 is 1.96 bits per heavy atom. The number of fused-ring (bicyclic) bond motifs is 1. The number of benzene rings is 1. The molecule has 1 aromatic carbocycles. The van der Waals surface area contributed by atoms with E-state index in [1.807, 2.05) is 13.8 Å². The Morgan fingerprint density at radius 1 is 1.30 bits per heavy atom. The van der Waals surface area contributed by atoms with Gasteiger partial charge in [-0.25, -0.2) is 9.97 Å². The zero-order chi connectivity index (χ0) is 19.7. The van der Waals surface area contributed by atoms with Crippen LogP contribution >= 0.6 is 23.1 Å². The van der Waals surface area contributed by atoms with Crippen LogP contribution < -0.4 is 11.1 Å². The summed E-state index contributed by atoms with van der Waals surface area (Å²) in [6.45, 7) is 5.73. The number of nitrogens with zero attached hydrogens (tertiary/aromatic N) is 3. The highest BCUT2D eigenvalue weighted by Crippen LogP contribution is 2.34. The van der Waals surface area contributed by atoms with Gasteiger partial charge in [0.05, 0.1) is 15.6 Å². The van der Waals surface area contributed by atoms with Crippen LogP contribution in [-0.4, -0.2) is 26.0 Å². The fourth-order valence-electron chi connectivity index (χ4n) is 2.43. The highest BCUT2D eigenvalue weighted by atomic mass is 32.2. The van der Waals surface area contributed by atoms with Gasteiger partial charge < -0.3 is 11.1 Å².